The summed E-state index contributed by atoms with van der Waals surface area (Å²) in [5.41, 5.74) is 3.32. The minimum absolute atomic E-state index is 0.357. The molecular weight excluding hydrogens is 346 g/mol. The summed E-state index contributed by atoms with van der Waals surface area (Å²) in [5.74, 6) is 1.93. The van der Waals surface area contributed by atoms with E-state index < -0.39 is 0 Å². The molecule has 0 aliphatic rings. The maximum Gasteiger partial charge on any atom is 0.258 e. The zero-order chi connectivity index (χ0) is 18.8. The van der Waals surface area contributed by atoms with Gasteiger partial charge >= 0.3 is 0 Å². The van der Waals surface area contributed by atoms with Crippen molar-refractivity contribution in [1.82, 2.24) is 25.1 Å². The van der Waals surface area contributed by atoms with Gasteiger partial charge in [0.1, 0.15) is 0 Å². The van der Waals surface area contributed by atoms with E-state index in [4.69, 9.17) is 14.0 Å². The van der Waals surface area contributed by atoms with E-state index in [2.05, 4.69) is 20.5 Å². The van der Waals surface area contributed by atoms with Crippen molar-refractivity contribution in [3.8, 4) is 40.2 Å². The normalized spacial score (nSPS) is 10.8. The molecule has 27 heavy (non-hydrogen) atoms. The molecule has 0 bridgehead atoms. The number of hydrogen-bond acceptors (Lipinski definition) is 7. The molecule has 0 fully saturated rings. The minimum Gasteiger partial charge on any atom is -0.493 e. The molecule has 0 N–H and O–H groups in total. The number of rotatable bonds is 5. The molecule has 0 aliphatic heterocycles. The Morgan fingerprint density at radius 2 is 1.74 bits per heavy atom. The van der Waals surface area contributed by atoms with Crippen molar-refractivity contribution < 1.29 is 14.0 Å². The number of nitrogens with zero attached hydrogens (tertiary/aromatic N) is 5. The van der Waals surface area contributed by atoms with Crippen LogP contribution in [0.3, 0.4) is 0 Å². The minimum atomic E-state index is 0.357. The quantitative estimate of drug-likeness (QED) is 0.537. The van der Waals surface area contributed by atoms with Gasteiger partial charge in [-0.1, -0.05) is 28.1 Å². The van der Waals surface area contributed by atoms with Gasteiger partial charge in [0, 0.05) is 5.56 Å². The second-order valence-corrected chi connectivity index (χ2v) is 5.88. The van der Waals surface area contributed by atoms with Gasteiger partial charge in [-0.25, -0.2) is 4.68 Å². The highest BCUT2D eigenvalue weighted by Crippen LogP contribution is 2.32. The Bertz CT molecular complexity index is 1070. The Hall–Kier alpha value is -3.68. The van der Waals surface area contributed by atoms with Crippen molar-refractivity contribution in [3.63, 3.8) is 0 Å². The topological polar surface area (TPSA) is 88.1 Å². The zero-order valence-corrected chi connectivity index (χ0v) is 15.1. The number of benzene rings is 2. The Balaban J connectivity index is 1.62. The van der Waals surface area contributed by atoms with Gasteiger partial charge in [0.25, 0.3) is 5.89 Å². The fraction of sp³-hybridized carbons (Fsp3) is 0.158. The average molecular weight is 363 g/mol. The summed E-state index contributed by atoms with van der Waals surface area (Å²) in [6.07, 6.45) is 1.76. The van der Waals surface area contributed by atoms with Crippen molar-refractivity contribution in [2.24, 2.45) is 0 Å². The van der Waals surface area contributed by atoms with Gasteiger partial charge in [0.15, 0.2) is 17.2 Å². The first-order valence-corrected chi connectivity index (χ1v) is 8.24. The van der Waals surface area contributed by atoms with Crippen LogP contribution in [0.5, 0.6) is 11.5 Å². The maximum absolute atomic E-state index is 5.37. The summed E-state index contributed by atoms with van der Waals surface area (Å²) in [6, 6.07) is 13.4. The molecular formula is C19H17N5O3. The highest BCUT2D eigenvalue weighted by atomic mass is 16.5. The van der Waals surface area contributed by atoms with Gasteiger partial charge in [-0.3, -0.25) is 0 Å². The molecule has 136 valence electrons. The van der Waals surface area contributed by atoms with Crippen molar-refractivity contribution in [2.75, 3.05) is 14.2 Å². The first-order chi connectivity index (χ1) is 13.2. The van der Waals surface area contributed by atoms with Crippen LogP contribution in [0.2, 0.25) is 0 Å². The van der Waals surface area contributed by atoms with E-state index in [0.717, 1.165) is 11.3 Å². The molecule has 4 rings (SSSR count). The first-order valence-electron chi connectivity index (χ1n) is 8.24. The molecule has 0 spiro atoms. The van der Waals surface area contributed by atoms with Crippen LogP contribution in [0, 0.1) is 6.92 Å². The highest BCUT2D eigenvalue weighted by molar-refractivity contribution is 5.61. The SMILES string of the molecule is COc1ccc(-c2nc(-c3cn(-c4ccc(C)cc4)nn3)no2)cc1OC. The lowest BCUT2D eigenvalue weighted by molar-refractivity contribution is 0.355. The van der Waals surface area contributed by atoms with Crippen molar-refractivity contribution >= 4 is 0 Å². The molecule has 0 unspecified atom stereocenters. The molecule has 2 aromatic carbocycles. The number of aryl methyl sites for hydroxylation is 1. The monoisotopic (exact) mass is 363 g/mol. The molecule has 2 aromatic heterocycles. The van der Waals surface area contributed by atoms with Crippen LogP contribution < -0.4 is 9.47 Å². The number of aromatic nitrogens is 5. The van der Waals surface area contributed by atoms with Gasteiger partial charge in [0.05, 0.1) is 26.1 Å². The predicted molar refractivity (Wildman–Crippen MR) is 97.9 cm³/mol. The molecule has 0 aliphatic carbocycles. The fourth-order valence-electron chi connectivity index (χ4n) is 2.60. The molecule has 0 atom stereocenters. The lowest BCUT2D eigenvalue weighted by atomic mass is 10.2. The van der Waals surface area contributed by atoms with Gasteiger partial charge in [-0.15, -0.1) is 5.10 Å². The van der Waals surface area contributed by atoms with E-state index in [1.165, 1.54) is 5.56 Å². The highest BCUT2D eigenvalue weighted by Gasteiger charge is 2.16. The molecule has 2 heterocycles. The first kappa shape index (κ1) is 16.8. The summed E-state index contributed by atoms with van der Waals surface area (Å²) in [6.45, 7) is 2.03. The third-order valence-electron chi connectivity index (χ3n) is 4.08. The lowest BCUT2D eigenvalue weighted by Gasteiger charge is -2.07. The van der Waals surface area contributed by atoms with E-state index in [-0.39, 0.29) is 0 Å². The van der Waals surface area contributed by atoms with E-state index in [1.807, 2.05) is 37.3 Å². The summed E-state index contributed by atoms with van der Waals surface area (Å²) in [4.78, 5) is 4.41. The zero-order valence-electron chi connectivity index (χ0n) is 15.1. The second kappa shape index (κ2) is 6.91. The molecule has 4 aromatic rings. The Morgan fingerprint density at radius 1 is 0.963 bits per heavy atom. The molecule has 0 amide bonds. The van der Waals surface area contributed by atoms with Crippen LogP contribution in [0.15, 0.2) is 53.2 Å². The van der Waals surface area contributed by atoms with Gasteiger partial charge in [-0.2, -0.15) is 4.98 Å². The van der Waals surface area contributed by atoms with Crippen molar-refractivity contribution in [1.29, 1.82) is 0 Å². The predicted octanol–water partition coefficient (Wildman–Crippen LogP) is 3.31. The average Bonchev–Trinajstić information content (AvgIpc) is 3.37. The number of methoxy groups -OCH3 is 2. The Kier molecular flexibility index (Phi) is 4.29. The third-order valence-corrected chi connectivity index (χ3v) is 4.08. The third kappa shape index (κ3) is 3.24. The lowest BCUT2D eigenvalue weighted by Crippen LogP contribution is -1.94. The van der Waals surface area contributed by atoms with Crippen LogP contribution in [0.25, 0.3) is 28.7 Å². The summed E-state index contributed by atoms with van der Waals surface area (Å²) < 4.78 is 17.6. The molecule has 0 saturated carbocycles. The smallest absolute Gasteiger partial charge is 0.258 e. The molecule has 0 radical (unpaired) electrons. The van der Waals surface area contributed by atoms with Crippen LogP contribution >= 0.6 is 0 Å². The van der Waals surface area contributed by atoms with E-state index in [1.54, 1.807) is 37.2 Å². The Morgan fingerprint density at radius 3 is 2.48 bits per heavy atom. The Labute approximate surface area is 155 Å². The van der Waals surface area contributed by atoms with Crippen LogP contribution in [0.4, 0.5) is 0 Å². The van der Waals surface area contributed by atoms with E-state index in [9.17, 15) is 0 Å². The summed E-state index contributed by atoms with van der Waals surface area (Å²) in [7, 11) is 3.16. The number of hydrogen-bond donors (Lipinski definition) is 0. The fourth-order valence-corrected chi connectivity index (χ4v) is 2.60. The maximum atomic E-state index is 5.37. The van der Waals surface area contributed by atoms with Crippen LogP contribution in [-0.4, -0.2) is 39.4 Å². The van der Waals surface area contributed by atoms with E-state index in [0.29, 0.717) is 28.9 Å². The van der Waals surface area contributed by atoms with Gasteiger partial charge < -0.3 is 14.0 Å². The van der Waals surface area contributed by atoms with Crippen molar-refractivity contribution in [3.05, 3.63) is 54.2 Å². The van der Waals surface area contributed by atoms with Crippen LogP contribution in [0.1, 0.15) is 5.56 Å². The van der Waals surface area contributed by atoms with Crippen LogP contribution in [-0.2, 0) is 0 Å². The summed E-state index contributed by atoms with van der Waals surface area (Å²) >= 11 is 0. The largest absolute Gasteiger partial charge is 0.493 e. The molecule has 8 nitrogen and oxygen atoms in total. The molecule has 0 saturated heterocycles. The summed E-state index contributed by atoms with van der Waals surface area (Å²) in [5, 5.41) is 12.3. The number of ether oxygens (including phenoxy) is 2. The van der Waals surface area contributed by atoms with Gasteiger partial charge in [0.2, 0.25) is 5.82 Å². The molecule has 8 heteroatoms. The van der Waals surface area contributed by atoms with Gasteiger partial charge in [-0.05, 0) is 37.3 Å². The standard InChI is InChI=1S/C19H17N5O3/c1-12-4-7-14(8-5-12)24-11-15(21-23-24)18-20-19(27-22-18)13-6-9-16(25-2)17(10-13)26-3/h4-11H,1-3H3. The van der Waals surface area contributed by atoms with E-state index >= 15 is 0 Å². The second-order valence-electron chi connectivity index (χ2n) is 5.88. The van der Waals surface area contributed by atoms with Crippen molar-refractivity contribution in [2.45, 2.75) is 6.92 Å².